The lowest BCUT2D eigenvalue weighted by Crippen LogP contribution is -2.54. The van der Waals surface area contributed by atoms with Crippen molar-refractivity contribution in [1.29, 1.82) is 0 Å². The Hall–Kier alpha value is -0.120. The molecule has 0 radical (unpaired) electrons. The van der Waals surface area contributed by atoms with Gasteiger partial charge in [-0.3, -0.25) is 4.90 Å². The maximum atomic E-state index is 5.89. The molecule has 0 aliphatic carbocycles. The largest absolute Gasteiger partial charge is 0.380 e. The summed E-state index contributed by atoms with van der Waals surface area (Å²) in [5.74, 6) is 0.586. The lowest BCUT2D eigenvalue weighted by molar-refractivity contribution is 0.0584. The molecule has 0 bridgehead atoms. The van der Waals surface area contributed by atoms with Gasteiger partial charge in [0.2, 0.25) is 0 Å². The lowest BCUT2D eigenvalue weighted by Gasteiger charge is -2.41. The molecule has 1 aliphatic heterocycles. The Morgan fingerprint density at radius 2 is 2.21 bits per heavy atom. The highest BCUT2D eigenvalue weighted by atomic mass is 16.5. The van der Waals surface area contributed by atoms with Gasteiger partial charge < -0.3 is 10.5 Å². The third kappa shape index (κ3) is 2.10. The third-order valence-corrected chi connectivity index (χ3v) is 3.86. The first-order valence-electron chi connectivity index (χ1n) is 5.52. The molecule has 0 spiro atoms. The molecule has 3 nitrogen and oxygen atoms in total. The predicted octanol–water partition coefficient (Wildman–Crippen LogP) is 1.08. The molecule has 1 saturated heterocycles. The van der Waals surface area contributed by atoms with Gasteiger partial charge in [0.05, 0.1) is 6.10 Å². The average Bonchev–Trinajstić information content (AvgIpc) is 2.64. The highest BCUT2D eigenvalue weighted by Crippen LogP contribution is 2.28. The van der Waals surface area contributed by atoms with Crippen LogP contribution >= 0.6 is 0 Å². The average molecular weight is 200 g/mol. The van der Waals surface area contributed by atoms with Gasteiger partial charge in [0, 0.05) is 32.3 Å². The molecular weight excluding hydrogens is 176 g/mol. The molecule has 2 unspecified atom stereocenters. The summed E-state index contributed by atoms with van der Waals surface area (Å²) in [4.78, 5) is 2.48. The van der Waals surface area contributed by atoms with Crippen molar-refractivity contribution in [3.63, 3.8) is 0 Å². The minimum absolute atomic E-state index is 0.132. The van der Waals surface area contributed by atoms with Gasteiger partial charge in [-0.25, -0.2) is 0 Å². The second kappa shape index (κ2) is 4.60. The van der Waals surface area contributed by atoms with E-state index < -0.39 is 0 Å². The molecule has 0 amide bonds. The summed E-state index contributed by atoms with van der Waals surface area (Å²) in [7, 11) is 1.79. The summed E-state index contributed by atoms with van der Waals surface area (Å²) >= 11 is 0. The van der Waals surface area contributed by atoms with Crippen molar-refractivity contribution in [3.8, 4) is 0 Å². The van der Waals surface area contributed by atoms with E-state index in [1.54, 1.807) is 7.11 Å². The van der Waals surface area contributed by atoms with E-state index in [-0.39, 0.29) is 5.54 Å². The Bertz CT molecular complexity index is 184. The van der Waals surface area contributed by atoms with E-state index in [0.29, 0.717) is 12.0 Å². The fourth-order valence-electron chi connectivity index (χ4n) is 2.11. The number of hydrogen-bond donors (Lipinski definition) is 1. The van der Waals surface area contributed by atoms with Crippen LogP contribution < -0.4 is 5.73 Å². The number of hydrogen-bond acceptors (Lipinski definition) is 3. The fraction of sp³-hybridized carbons (Fsp3) is 1.00. The van der Waals surface area contributed by atoms with Crippen molar-refractivity contribution in [2.45, 2.75) is 38.8 Å². The van der Waals surface area contributed by atoms with E-state index in [2.05, 4.69) is 25.7 Å². The zero-order valence-electron chi connectivity index (χ0n) is 9.92. The van der Waals surface area contributed by atoms with Crippen molar-refractivity contribution >= 4 is 0 Å². The minimum Gasteiger partial charge on any atom is -0.380 e. The molecule has 2 atom stereocenters. The van der Waals surface area contributed by atoms with Crippen molar-refractivity contribution in [3.05, 3.63) is 0 Å². The van der Waals surface area contributed by atoms with E-state index in [9.17, 15) is 0 Å². The van der Waals surface area contributed by atoms with Crippen LogP contribution in [-0.4, -0.2) is 43.3 Å². The number of ether oxygens (including phenoxy) is 1. The Morgan fingerprint density at radius 3 is 2.57 bits per heavy atom. The molecule has 0 aromatic rings. The molecule has 1 aliphatic rings. The molecule has 3 heteroatoms. The summed E-state index contributed by atoms with van der Waals surface area (Å²) in [5.41, 5.74) is 6.02. The quantitative estimate of drug-likeness (QED) is 0.738. The predicted molar refractivity (Wildman–Crippen MR) is 59.3 cm³/mol. The van der Waals surface area contributed by atoms with Crippen molar-refractivity contribution in [2.24, 2.45) is 11.7 Å². The third-order valence-electron chi connectivity index (χ3n) is 3.86. The maximum Gasteiger partial charge on any atom is 0.0710 e. The van der Waals surface area contributed by atoms with E-state index >= 15 is 0 Å². The lowest BCUT2D eigenvalue weighted by atomic mass is 9.87. The summed E-state index contributed by atoms with van der Waals surface area (Å²) in [6, 6.07) is 0. The van der Waals surface area contributed by atoms with Crippen LogP contribution in [0.1, 0.15) is 27.2 Å². The van der Waals surface area contributed by atoms with Gasteiger partial charge in [-0.05, 0) is 19.3 Å². The topological polar surface area (TPSA) is 38.5 Å². The van der Waals surface area contributed by atoms with Crippen LogP contribution in [0.5, 0.6) is 0 Å². The Labute approximate surface area is 87.6 Å². The molecule has 0 aromatic heterocycles. The van der Waals surface area contributed by atoms with Crippen molar-refractivity contribution in [1.82, 2.24) is 4.90 Å². The first-order valence-corrected chi connectivity index (χ1v) is 5.52. The van der Waals surface area contributed by atoms with Gasteiger partial charge in [-0.2, -0.15) is 0 Å². The number of methoxy groups -OCH3 is 1. The summed E-state index contributed by atoms with van der Waals surface area (Å²) < 4.78 is 5.38. The van der Waals surface area contributed by atoms with Crippen LogP contribution in [0.2, 0.25) is 0 Å². The fourth-order valence-corrected chi connectivity index (χ4v) is 2.11. The molecule has 1 rings (SSSR count). The highest BCUT2D eigenvalue weighted by molar-refractivity contribution is 4.94. The molecule has 2 N–H and O–H groups in total. The normalized spacial score (nSPS) is 28.3. The molecule has 84 valence electrons. The molecule has 14 heavy (non-hydrogen) atoms. The van der Waals surface area contributed by atoms with Gasteiger partial charge in [0.15, 0.2) is 0 Å². The summed E-state index contributed by atoms with van der Waals surface area (Å²) in [6.07, 6.45) is 1.54. The van der Waals surface area contributed by atoms with E-state index in [4.69, 9.17) is 10.5 Å². The number of nitrogens with zero attached hydrogens (tertiary/aromatic N) is 1. The SMILES string of the molecule is COC1CCN(C(C)(CN)C(C)C)C1. The second-order valence-corrected chi connectivity index (χ2v) is 4.81. The molecular formula is C11H24N2O. The Morgan fingerprint density at radius 1 is 1.57 bits per heavy atom. The van der Waals surface area contributed by atoms with Gasteiger partial charge in [0.1, 0.15) is 0 Å². The second-order valence-electron chi connectivity index (χ2n) is 4.81. The van der Waals surface area contributed by atoms with E-state index in [1.807, 2.05) is 0 Å². The highest BCUT2D eigenvalue weighted by Gasteiger charge is 2.38. The first kappa shape index (κ1) is 12.0. The minimum atomic E-state index is 0.132. The van der Waals surface area contributed by atoms with Gasteiger partial charge in [0.25, 0.3) is 0 Å². The van der Waals surface area contributed by atoms with Crippen molar-refractivity contribution in [2.75, 3.05) is 26.7 Å². The number of nitrogens with two attached hydrogens (primary N) is 1. The van der Waals surface area contributed by atoms with Crippen LogP contribution in [0.15, 0.2) is 0 Å². The Kier molecular flexibility index (Phi) is 3.93. The van der Waals surface area contributed by atoms with Crippen LogP contribution in [0.25, 0.3) is 0 Å². The van der Waals surface area contributed by atoms with Crippen LogP contribution in [-0.2, 0) is 4.74 Å². The van der Waals surface area contributed by atoms with E-state index in [1.165, 1.54) is 0 Å². The van der Waals surface area contributed by atoms with Gasteiger partial charge >= 0.3 is 0 Å². The standard InChI is InChI=1S/C11H24N2O/c1-9(2)11(3,8-12)13-6-5-10(7-13)14-4/h9-10H,5-8,12H2,1-4H3. The van der Waals surface area contributed by atoms with E-state index in [0.717, 1.165) is 26.1 Å². The van der Waals surface area contributed by atoms with Crippen LogP contribution in [0, 0.1) is 5.92 Å². The smallest absolute Gasteiger partial charge is 0.0710 e. The first-order chi connectivity index (χ1) is 6.54. The maximum absolute atomic E-state index is 5.89. The monoisotopic (exact) mass is 200 g/mol. The Balaban J connectivity index is 2.63. The number of likely N-dealkylation sites (tertiary alicyclic amines) is 1. The number of rotatable bonds is 4. The molecule has 0 aromatic carbocycles. The van der Waals surface area contributed by atoms with Gasteiger partial charge in [-0.1, -0.05) is 13.8 Å². The zero-order valence-corrected chi connectivity index (χ0v) is 9.92. The molecule has 1 heterocycles. The molecule has 0 saturated carbocycles. The summed E-state index contributed by atoms with van der Waals surface area (Å²) in [5, 5.41) is 0. The zero-order chi connectivity index (χ0) is 10.8. The van der Waals surface area contributed by atoms with Crippen molar-refractivity contribution < 1.29 is 4.74 Å². The van der Waals surface area contributed by atoms with Crippen LogP contribution in [0.3, 0.4) is 0 Å². The van der Waals surface area contributed by atoms with Crippen LogP contribution in [0.4, 0.5) is 0 Å². The summed E-state index contributed by atoms with van der Waals surface area (Å²) in [6.45, 7) is 9.61. The van der Waals surface area contributed by atoms with Gasteiger partial charge in [-0.15, -0.1) is 0 Å². The molecule has 1 fully saturated rings.